The van der Waals surface area contributed by atoms with E-state index in [-0.39, 0.29) is 5.91 Å². The Morgan fingerprint density at radius 3 is 2.47 bits per heavy atom. The van der Waals surface area contributed by atoms with Crippen molar-refractivity contribution in [1.82, 2.24) is 30.0 Å². The van der Waals surface area contributed by atoms with E-state index < -0.39 is 0 Å². The minimum Gasteiger partial charge on any atom is -0.339 e. The van der Waals surface area contributed by atoms with E-state index >= 15 is 0 Å². The van der Waals surface area contributed by atoms with E-state index in [2.05, 4.69) is 62.9 Å². The molecule has 32 heavy (non-hydrogen) atoms. The van der Waals surface area contributed by atoms with Crippen molar-refractivity contribution in [3.8, 4) is 5.69 Å². The van der Waals surface area contributed by atoms with Gasteiger partial charge in [0.1, 0.15) is 0 Å². The topological polar surface area (TPSA) is 67.2 Å². The van der Waals surface area contributed by atoms with Crippen LogP contribution >= 0.6 is 11.8 Å². The molecule has 2 heterocycles. The highest BCUT2D eigenvalue weighted by Crippen LogP contribution is 2.22. The van der Waals surface area contributed by atoms with Crippen LogP contribution in [0.3, 0.4) is 0 Å². The average molecular weight is 445 g/mol. The lowest BCUT2D eigenvalue weighted by molar-refractivity contribution is -0.130. The maximum absolute atomic E-state index is 12.8. The lowest BCUT2D eigenvalue weighted by Gasteiger charge is -2.35. The number of carbonyl (C=O) groups is 1. The summed E-state index contributed by atoms with van der Waals surface area (Å²) in [6.07, 6.45) is 0. The fraction of sp³-hybridized carbons (Fsp3) is 0.250. The van der Waals surface area contributed by atoms with Crippen LogP contribution in [0.5, 0.6) is 0 Å². The summed E-state index contributed by atoms with van der Waals surface area (Å²) in [6.45, 7) is 4.15. The predicted octanol–water partition coefficient (Wildman–Crippen LogP) is 3.25. The van der Waals surface area contributed by atoms with Gasteiger partial charge in [0, 0.05) is 32.7 Å². The molecule has 0 atom stereocenters. The number of thioether (sulfide) groups is 1. The zero-order valence-electron chi connectivity index (χ0n) is 17.7. The number of hydrogen-bond acceptors (Lipinski definition) is 6. The summed E-state index contributed by atoms with van der Waals surface area (Å²) in [7, 11) is 0. The molecule has 4 aromatic rings. The Bertz CT molecular complexity index is 1200. The van der Waals surface area contributed by atoms with Crippen LogP contribution in [-0.4, -0.2) is 67.8 Å². The highest BCUT2D eigenvalue weighted by molar-refractivity contribution is 7.99. The van der Waals surface area contributed by atoms with Crippen LogP contribution in [0, 0.1) is 0 Å². The number of benzene rings is 3. The fourth-order valence-electron chi connectivity index (χ4n) is 4.04. The molecule has 1 aliphatic rings. The van der Waals surface area contributed by atoms with Crippen molar-refractivity contribution in [3.05, 3.63) is 78.4 Å². The Morgan fingerprint density at radius 1 is 0.875 bits per heavy atom. The Balaban J connectivity index is 1.15. The quantitative estimate of drug-likeness (QED) is 0.425. The summed E-state index contributed by atoms with van der Waals surface area (Å²) < 4.78 is 1.67. The van der Waals surface area contributed by atoms with Gasteiger partial charge in [0.2, 0.25) is 11.1 Å². The molecule has 3 aromatic carbocycles. The summed E-state index contributed by atoms with van der Waals surface area (Å²) in [5, 5.41) is 15.1. The van der Waals surface area contributed by atoms with E-state index in [4.69, 9.17) is 0 Å². The van der Waals surface area contributed by atoms with Crippen LogP contribution in [0.15, 0.2) is 78.0 Å². The lowest BCUT2D eigenvalue weighted by Crippen LogP contribution is -2.48. The van der Waals surface area contributed by atoms with E-state index in [1.165, 1.54) is 28.1 Å². The van der Waals surface area contributed by atoms with Crippen molar-refractivity contribution in [2.24, 2.45) is 0 Å². The van der Waals surface area contributed by atoms with Gasteiger partial charge in [-0.2, -0.15) is 4.68 Å². The minimum atomic E-state index is 0.127. The number of rotatable bonds is 6. The lowest BCUT2D eigenvalue weighted by atomic mass is 10.0. The van der Waals surface area contributed by atoms with Gasteiger partial charge in [-0.3, -0.25) is 9.69 Å². The average Bonchev–Trinajstić information content (AvgIpc) is 3.32. The van der Waals surface area contributed by atoms with Gasteiger partial charge in [0.05, 0.1) is 11.4 Å². The third-order valence-electron chi connectivity index (χ3n) is 5.77. The third-order valence-corrected chi connectivity index (χ3v) is 6.67. The van der Waals surface area contributed by atoms with E-state index in [1.807, 2.05) is 35.2 Å². The van der Waals surface area contributed by atoms with E-state index in [1.54, 1.807) is 4.68 Å². The van der Waals surface area contributed by atoms with E-state index in [0.29, 0.717) is 10.9 Å². The Hall–Kier alpha value is -3.23. The van der Waals surface area contributed by atoms with E-state index in [9.17, 15) is 4.79 Å². The summed E-state index contributed by atoms with van der Waals surface area (Å²) in [4.78, 5) is 17.2. The normalized spacial score (nSPS) is 14.7. The Kier molecular flexibility index (Phi) is 6.13. The van der Waals surface area contributed by atoms with Crippen LogP contribution in [0.1, 0.15) is 5.56 Å². The number of piperazine rings is 1. The van der Waals surface area contributed by atoms with Crippen LogP contribution < -0.4 is 0 Å². The zero-order valence-corrected chi connectivity index (χ0v) is 18.5. The Labute approximate surface area is 191 Å². The summed E-state index contributed by atoms with van der Waals surface area (Å²) >= 11 is 1.38. The minimum absolute atomic E-state index is 0.127. The summed E-state index contributed by atoms with van der Waals surface area (Å²) in [5.74, 6) is 0.457. The van der Waals surface area contributed by atoms with Crippen LogP contribution in [-0.2, 0) is 11.3 Å². The molecule has 5 rings (SSSR count). The van der Waals surface area contributed by atoms with Crippen molar-refractivity contribution < 1.29 is 4.79 Å². The largest absolute Gasteiger partial charge is 0.339 e. The molecule has 1 amide bonds. The first kappa shape index (κ1) is 20.7. The fourth-order valence-corrected chi connectivity index (χ4v) is 4.84. The number of amides is 1. The molecule has 0 bridgehead atoms. The van der Waals surface area contributed by atoms with Crippen LogP contribution in [0.4, 0.5) is 0 Å². The highest BCUT2D eigenvalue weighted by Gasteiger charge is 2.22. The molecule has 0 N–H and O–H groups in total. The second-order valence-corrected chi connectivity index (χ2v) is 8.74. The molecular weight excluding hydrogens is 420 g/mol. The van der Waals surface area contributed by atoms with Gasteiger partial charge in [-0.05, 0) is 38.9 Å². The summed E-state index contributed by atoms with van der Waals surface area (Å²) in [6, 6.07) is 24.7. The van der Waals surface area contributed by atoms with Gasteiger partial charge in [-0.25, -0.2) is 0 Å². The zero-order chi connectivity index (χ0) is 21.8. The van der Waals surface area contributed by atoms with Crippen molar-refractivity contribution in [2.75, 3.05) is 31.9 Å². The van der Waals surface area contributed by atoms with Gasteiger partial charge in [-0.1, -0.05) is 72.4 Å². The number of fused-ring (bicyclic) bond motifs is 1. The number of carbonyl (C=O) groups excluding carboxylic acids is 1. The molecule has 8 heteroatoms. The number of tetrazole rings is 1. The maximum Gasteiger partial charge on any atom is 0.233 e. The molecule has 1 saturated heterocycles. The molecule has 0 unspecified atom stereocenters. The van der Waals surface area contributed by atoms with Crippen molar-refractivity contribution >= 4 is 28.4 Å². The molecule has 0 spiro atoms. The molecule has 0 aliphatic carbocycles. The van der Waals surface area contributed by atoms with Gasteiger partial charge in [0.25, 0.3) is 0 Å². The Morgan fingerprint density at radius 2 is 1.62 bits per heavy atom. The maximum atomic E-state index is 12.8. The molecule has 0 saturated carbocycles. The van der Waals surface area contributed by atoms with Crippen molar-refractivity contribution in [2.45, 2.75) is 11.7 Å². The second kappa shape index (κ2) is 9.50. The first-order valence-electron chi connectivity index (χ1n) is 10.7. The number of nitrogens with zero attached hydrogens (tertiary/aromatic N) is 6. The second-order valence-electron chi connectivity index (χ2n) is 7.79. The molecule has 7 nitrogen and oxygen atoms in total. The third kappa shape index (κ3) is 4.51. The highest BCUT2D eigenvalue weighted by atomic mass is 32.2. The standard InChI is InChI=1S/C24H24N6OS/c31-23(18-32-24-25-26-27-30(24)21-10-2-1-3-11-21)29-15-13-28(14-16-29)17-20-9-6-8-19-7-4-5-12-22(19)20/h1-12H,13-18H2. The van der Waals surface area contributed by atoms with Crippen molar-refractivity contribution in [3.63, 3.8) is 0 Å². The smallest absolute Gasteiger partial charge is 0.233 e. The predicted molar refractivity (Wildman–Crippen MR) is 126 cm³/mol. The first-order chi connectivity index (χ1) is 15.8. The molecule has 0 radical (unpaired) electrons. The number of aromatic nitrogens is 4. The van der Waals surface area contributed by atoms with Gasteiger partial charge in [-0.15, -0.1) is 5.10 Å². The van der Waals surface area contributed by atoms with Gasteiger partial charge >= 0.3 is 0 Å². The molecular formula is C24H24N6OS. The first-order valence-corrected chi connectivity index (χ1v) is 11.7. The van der Waals surface area contributed by atoms with Crippen LogP contribution in [0.2, 0.25) is 0 Å². The SMILES string of the molecule is O=C(CSc1nnnn1-c1ccccc1)N1CCN(Cc2cccc3ccccc23)CC1. The molecule has 1 fully saturated rings. The molecule has 1 aromatic heterocycles. The molecule has 162 valence electrons. The van der Waals surface area contributed by atoms with E-state index in [0.717, 1.165) is 38.4 Å². The summed E-state index contributed by atoms with van der Waals surface area (Å²) in [5.41, 5.74) is 2.22. The van der Waals surface area contributed by atoms with Crippen molar-refractivity contribution in [1.29, 1.82) is 0 Å². The van der Waals surface area contributed by atoms with Crippen LogP contribution in [0.25, 0.3) is 16.5 Å². The molecule has 1 aliphatic heterocycles. The van der Waals surface area contributed by atoms with Gasteiger partial charge < -0.3 is 4.90 Å². The van der Waals surface area contributed by atoms with Gasteiger partial charge in [0.15, 0.2) is 0 Å². The number of hydrogen-bond donors (Lipinski definition) is 0. The number of para-hydroxylation sites is 1. The monoisotopic (exact) mass is 444 g/mol.